The second kappa shape index (κ2) is 8.42. The third-order valence-corrected chi connectivity index (χ3v) is 5.97. The molecular weight excluding hydrogens is 350 g/mol. The van der Waals surface area contributed by atoms with Gasteiger partial charge in [0.05, 0.1) is 12.6 Å². The SMILES string of the molecule is CC(=O)N[C@H](C)[C@@H]1CC2=CCC(CCc3ccc(OCC4CC4)cc3)C=C2O1. The highest BCUT2D eigenvalue weighted by Gasteiger charge is 2.32. The van der Waals surface area contributed by atoms with Gasteiger partial charge in [-0.25, -0.2) is 0 Å². The molecule has 150 valence electrons. The molecular formula is C24H31NO3. The van der Waals surface area contributed by atoms with Crippen molar-refractivity contribution in [3.63, 3.8) is 0 Å². The molecule has 0 spiro atoms. The van der Waals surface area contributed by atoms with E-state index in [1.54, 1.807) is 6.92 Å². The monoisotopic (exact) mass is 381 g/mol. The molecule has 4 rings (SSSR count). The van der Waals surface area contributed by atoms with Crippen LogP contribution in [0, 0.1) is 11.8 Å². The summed E-state index contributed by atoms with van der Waals surface area (Å²) >= 11 is 0. The highest BCUT2D eigenvalue weighted by atomic mass is 16.5. The van der Waals surface area contributed by atoms with E-state index in [4.69, 9.17) is 9.47 Å². The fraction of sp³-hybridized carbons (Fsp3) is 0.542. The van der Waals surface area contributed by atoms with Crippen molar-refractivity contribution in [2.24, 2.45) is 11.8 Å². The standard InChI is InChI=1S/C24H31NO3/c1-16(25-17(2)26)23-14-21-10-7-19(13-24(21)28-23)4-3-18-8-11-22(12-9-18)27-15-20-5-6-20/h8-13,16,19-20,23H,3-7,14-15H2,1-2H3,(H,25,26)/t16-,19?,23+/m1/s1. The quantitative estimate of drug-likeness (QED) is 0.718. The normalized spacial score (nSPS) is 24.5. The molecule has 2 fully saturated rings. The van der Waals surface area contributed by atoms with Gasteiger partial charge in [-0.1, -0.05) is 18.2 Å². The van der Waals surface area contributed by atoms with Gasteiger partial charge in [0.2, 0.25) is 5.91 Å². The van der Waals surface area contributed by atoms with Gasteiger partial charge in [-0.15, -0.1) is 0 Å². The lowest BCUT2D eigenvalue weighted by Gasteiger charge is -2.20. The second-order valence-corrected chi connectivity index (χ2v) is 8.54. The van der Waals surface area contributed by atoms with Crippen molar-refractivity contribution in [2.75, 3.05) is 6.61 Å². The van der Waals surface area contributed by atoms with Crippen LogP contribution in [0.1, 0.15) is 51.5 Å². The molecule has 4 heteroatoms. The molecule has 1 unspecified atom stereocenters. The molecule has 1 aromatic carbocycles. The summed E-state index contributed by atoms with van der Waals surface area (Å²) in [5, 5.41) is 2.95. The molecule has 1 N–H and O–H groups in total. The number of ether oxygens (including phenoxy) is 2. The minimum Gasteiger partial charge on any atom is -0.493 e. The van der Waals surface area contributed by atoms with Gasteiger partial charge >= 0.3 is 0 Å². The first-order valence-electron chi connectivity index (χ1n) is 10.6. The maximum Gasteiger partial charge on any atom is 0.217 e. The van der Waals surface area contributed by atoms with E-state index < -0.39 is 0 Å². The highest BCUT2D eigenvalue weighted by Crippen LogP contribution is 2.37. The summed E-state index contributed by atoms with van der Waals surface area (Å²) in [6, 6.07) is 8.61. The lowest BCUT2D eigenvalue weighted by atomic mass is 9.89. The predicted molar refractivity (Wildman–Crippen MR) is 110 cm³/mol. The summed E-state index contributed by atoms with van der Waals surface area (Å²) in [6.45, 7) is 4.43. The number of carbonyl (C=O) groups is 1. The van der Waals surface area contributed by atoms with Crippen LogP contribution in [0.25, 0.3) is 0 Å². The smallest absolute Gasteiger partial charge is 0.217 e. The molecule has 1 heterocycles. The van der Waals surface area contributed by atoms with Crippen molar-refractivity contribution in [1.82, 2.24) is 5.32 Å². The topological polar surface area (TPSA) is 47.6 Å². The molecule has 28 heavy (non-hydrogen) atoms. The van der Waals surface area contributed by atoms with E-state index >= 15 is 0 Å². The average molecular weight is 382 g/mol. The number of carbonyl (C=O) groups excluding carboxylic acids is 1. The Bertz CT molecular complexity index is 761. The molecule has 0 radical (unpaired) electrons. The van der Waals surface area contributed by atoms with Gasteiger partial charge in [0.15, 0.2) is 0 Å². The van der Waals surface area contributed by atoms with E-state index in [-0.39, 0.29) is 18.1 Å². The van der Waals surface area contributed by atoms with E-state index in [0.717, 1.165) is 49.7 Å². The summed E-state index contributed by atoms with van der Waals surface area (Å²) in [6.07, 6.45) is 11.5. The Balaban J connectivity index is 1.26. The lowest BCUT2D eigenvalue weighted by molar-refractivity contribution is -0.120. The van der Waals surface area contributed by atoms with Gasteiger partial charge in [0, 0.05) is 13.3 Å². The third-order valence-electron chi connectivity index (χ3n) is 5.97. The Morgan fingerprint density at radius 3 is 2.79 bits per heavy atom. The van der Waals surface area contributed by atoms with Crippen LogP contribution < -0.4 is 10.1 Å². The molecule has 3 aliphatic rings. The van der Waals surface area contributed by atoms with E-state index in [0.29, 0.717) is 5.92 Å². The van der Waals surface area contributed by atoms with Gasteiger partial charge in [-0.05, 0) is 80.2 Å². The van der Waals surface area contributed by atoms with Crippen molar-refractivity contribution >= 4 is 5.91 Å². The first-order valence-corrected chi connectivity index (χ1v) is 10.6. The second-order valence-electron chi connectivity index (χ2n) is 8.54. The molecule has 1 amide bonds. The van der Waals surface area contributed by atoms with Gasteiger partial charge < -0.3 is 14.8 Å². The molecule has 1 saturated heterocycles. The van der Waals surface area contributed by atoms with Gasteiger partial charge in [0.25, 0.3) is 0 Å². The number of allylic oxidation sites excluding steroid dienone is 3. The predicted octanol–water partition coefficient (Wildman–Crippen LogP) is 4.55. The number of fused-ring (bicyclic) bond motifs is 1. The Morgan fingerprint density at radius 1 is 1.29 bits per heavy atom. The van der Waals surface area contributed by atoms with Crippen LogP contribution >= 0.6 is 0 Å². The van der Waals surface area contributed by atoms with E-state index in [1.807, 2.05) is 6.92 Å². The number of benzene rings is 1. The maximum absolute atomic E-state index is 11.3. The number of aryl methyl sites for hydroxylation is 1. The number of amides is 1. The van der Waals surface area contributed by atoms with Crippen molar-refractivity contribution in [2.45, 2.75) is 64.5 Å². The summed E-state index contributed by atoms with van der Waals surface area (Å²) in [7, 11) is 0. The molecule has 4 nitrogen and oxygen atoms in total. The van der Waals surface area contributed by atoms with Crippen LogP contribution in [-0.2, 0) is 16.0 Å². The zero-order chi connectivity index (χ0) is 19.5. The average Bonchev–Trinajstić information content (AvgIpc) is 3.41. The summed E-state index contributed by atoms with van der Waals surface area (Å²) in [5.41, 5.74) is 2.66. The minimum atomic E-state index is -0.00392. The van der Waals surface area contributed by atoms with E-state index in [2.05, 4.69) is 41.7 Å². The van der Waals surface area contributed by atoms with Gasteiger partial charge in [-0.3, -0.25) is 4.79 Å². The Morgan fingerprint density at radius 2 is 2.07 bits per heavy atom. The van der Waals surface area contributed by atoms with Crippen molar-refractivity contribution < 1.29 is 14.3 Å². The Labute approximate surface area is 168 Å². The zero-order valence-corrected chi connectivity index (χ0v) is 16.9. The molecule has 0 aromatic heterocycles. The van der Waals surface area contributed by atoms with Crippen LogP contribution in [-0.4, -0.2) is 24.7 Å². The van der Waals surface area contributed by atoms with Gasteiger partial charge in [0.1, 0.15) is 17.6 Å². The molecule has 1 aromatic rings. The van der Waals surface area contributed by atoms with Crippen LogP contribution in [0.2, 0.25) is 0 Å². The Hall–Kier alpha value is -2.23. The number of hydrogen-bond acceptors (Lipinski definition) is 3. The van der Waals surface area contributed by atoms with E-state index in [1.165, 1.54) is 24.0 Å². The largest absolute Gasteiger partial charge is 0.493 e. The first-order chi connectivity index (χ1) is 13.6. The zero-order valence-electron chi connectivity index (χ0n) is 16.9. The summed E-state index contributed by atoms with van der Waals surface area (Å²) < 4.78 is 12.0. The minimum absolute atomic E-state index is 0.00392. The fourth-order valence-corrected chi connectivity index (χ4v) is 4.00. The molecule has 1 saturated carbocycles. The van der Waals surface area contributed by atoms with Crippen molar-refractivity contribution in [3.05, 3.63) is 53.3 Å². The van der Waals surface area contributed by atoms with Gasteiger partial charge in [-0.2, -0.15) is 0 Å². The molecule has 3 atom stereocenters. The maximum atomic E-state index is 11.3. The third kappa shape index (κ3) is 4.98. The first kappa shape index (κ1) is 19.1. The van der Waals surface area contributed by atoms with Crippen LogP contribution in [0.15, 0.2) is 47.7 Å². The van der Waals surface area contributed by atoms with Crippen LogP contribution in [0.5, 0.6) is 5.75 Å². The van der Waals surface area contributed by atoms with Crippen molar-refractivity contribution in [3.8, 4) is 5.75 Å². The lowest BCUT2D eigenvalue weighted by Crippen LogP contribution is -2.39. The molecule has 1 aliphatic heterocycles. The summed E-state index contributed by atoms with van der Waals surface area (Å²) in [4.78, 5) is 11.3. The highest BCUT2D eigenvalue weighted by molar-refractivity contribution is 5.73. The number of nitrogens with one attached hydrogen (secondary N) is 1. The van der Waals surface area contributed by atoms with E-state index in [9.17, 15) is 4.79 Å². The van der Waals surface area contributed by atoms with Crippen LogP contribution in [0.3, 0.4) is 0 Å². The molecule has 2 aliphatic carbocycles. The number of rotatable bonds is 8. The fourth-order valence-electron chi connectivity index (χ4n) is 4.00. The van der Waals surface area contributed by atoms with Crippen LogP contribution in [0.4, 0.5) is 0 Å². The van der Waals surface area contributed by atoms with Crippen molar-refractivity contribution in [1.29, 1.82) is 0 Å². The Kier molecular flexibility index (Phi) is 5.74. The summed E-state index contributed by atoms with van der Waals surface area (Å²) in [5.74, 6) is 3.31. The number of hydrogen-bond donors (Lipinski definition) is 1. The molecule has 0 bridgehead atoms.